The molecule has 0 aliphatic heterocycles. The van der Waals surface area contributed by atoms with Gasteiger partial charge >= 0.3 is 0 Å². The summed E-state index contributed by atoms with van der Waals surface area (Å²) in [5, 5.41) is 0. The van der Waals surface area contributed by atoms with Crippen molar-refractivity contribution in [3.8, 4) is 0 Å². The summed E-state index contributed by atoms with van der Waals surface area (Å²) in [5.41, 5.74) is 5.72. The van der Waals surface area contributed by atoms with Crippen molar-refractivity contribution >= 4 is 5.57 Å². The van der Waals surface area contributed by atoms with E-state index >= 15 is 0 Å². The van der Waals surface area contributed by atoms with Crippen molar-refractivity contribution in [2.75, 3.05) is 13.2 Å². The maximum absolute atomic E-state index is 4.60. The van der Waals surface area contributed by atoms with Gasteiger partial charge in [0.05, 0.1) is 13.2 Å². The molecule has 3 heteroatoms. The molecule has 2 aromatic rings. The van der Waals surface area contributed by atoms with Gasteiger partial charge in [-0.25, -0.2) is 0 Å². The van der Waals surface area contributed by atoms with Gasteiger partial charge in [0.25, 0.3) is 0 Å². The van der Waals surface area contributed by atoms with Gasteiger partial charge in [0, 0.05) is 0 Å². The molecule has 21 heavy (non-hydrogen) atoms. The zero-order valence-electron chi connectivity index (χ0n) is 12.7. The van der Waals surface area contributed by atoms with Crippen molar-refractivity contribution in [2.24, 2.45) is 0 Å². The predicted molar refractivity (Wildman–Crippen MR) is 87.4 cm³/mol. The molecule has 0 aromatic heterocycles. The van der Waals surface area contributed by atoms with Crippen molar-refractivity contribution in [2.45, 2.75) is 13.8 Å². The zero-order chi connectivity index (χ0) is 15.3. The van der Waals surface area contributed by atoms with E-state index in [0.29, 0.717) is 13.2 Å². The molecule has 0 heterocycles. The molecule has 0 amide bonds. The van der Waals surface area contributed by atoms with Gasteiger partial charge in [-0.05, 0) is 30.5 Å². The van der Waals surface area contributed by atoms with E-state index in [1.54, 1.807) is 0 Å². The largest absolute Gasteiger partial charge is 0.277 e. The molecule has 0 spiro atoms. The van der Waals surface area contributed by atoms with Crippen molar-refractivity contribution in [3.05, 3.63) is 78.4 Å². The molecule has 112 valence electrons. The van der Waals surface area contributed by atoms with Crippen LogP contribution in [0.4, 0.5) is 0 Å². The Balaban J connectivity index is 0.000000270. The maximum atomic E-state index is 4.60. The predicted octanol–water partition coefficient (Wildman–Crippen LogP) is 4.23. The third kappa shape index (κ3) is 6.86. The van der Waals surface area contributed by atoms with E-state index in [-0.39, 0.29) is 0 Å². The number of hydrogen-bond acceptors (Lipinski definition) is 3. The van der Waals surface area contributed by atoms with E-state index in [0.717, 1.165) is 5.57 Å². The van der Waals surface area contributed by atoms with Crippen molar-refractivity contribution < 1.29 is 9.68 Å². The highest BCUT2D eigenvalue weighted by molar-refractivity contribution is 5.77. The van der Waals surface area contributed by atoms with Crippen LogP contribution < -0.4 is 5.64 Å². The average Bonchev–Trinajstić information content (AvgIpc) is 2.57. The van der Waals surface area contributed by atoms with Gasteiger partial charge in [0.1, 0.15) is 0 Å². The van der Waals surface area contributed by atoms with Crippen LogP contribution >= 0.6 is 0 Å². The van der Waals surface area contributed by atoms with Crippen LogP contribution in [0.3, 0.4) is 0 Å². The molecule has 0 aliphatic rings. The van der Waals surface area contributed by atoms with Gasteiger partial charge in [-0.1, -0.05) is 72.9 Å². The second-order valence-corrected chi connectivity index (χ2v) is 4.16. The summed E-state index contributed by atoms with van der Waals surface area (Å²) in [4.78, 5) is 9.20. The maximum Gasteiger partial charge on any atom is 0.0680 e. The summed E-state index contributed by atoms with van der Waals surface area (Å²) in [6.45, 7) is 9.11. The first-order chi connectivity index (χ1) is 10.3. The quantitative estimate of drug-likeness (QED) is 0.636. The van der Waals surface area contributed by atoms with E-state index in [4.69, 9.17) is 0 Å². The lowest BCUT2D eigenvalue weighted by Gasteiger charge is -2.04. The minimum absolute atomic E-state index is 0.625. The lowest BCUT2D eigenvalue weighted by Crippen LogP contribution is -2.14. The molecule has 0 saturated carbocycles. The fraction of sp³-hybridized carbons (Fsp3) is 0.222. The first-order valence-corrected chi connectivity index (χ1v) is 7.07. The summed E-state index contributed by atoms with van der Waals surface area (Å²) in [7, 11) is 0. The molecular weight excluding hydrogens is 262 g/mol. The second kappa shape index (κ2) is 10.8. The van der Waals surface area contributed by atoms with Gasteiger partial charge in [-0.2, -0.15) is 0 Å². The van der Waals surface area contributed by atoms with Crippen molar-refractivity contribution in [3.63, 3.8) is 0 Å². The minimum atomic E-state index is 0.625. The SMILES string of the molecule is C=C(c1ccccc1)c1ccccc1.CCONOCC. The molecular formula is C18H23NO2. The molecule has 2 aromatic carbocycles. The van der Waals surface area contributed by atoms with E-state index in [1.807, 2.05) is 50.2 Å². The highest BCUT2D eigenvalue weighted by atomic mass is 16.9. The summed E-state index contributed by atoms with van der Waals surface area (Å²) >= 11 is 0. The number of nitrogens with one attached hydrogen (secondary N) is 1. The Kier molecular flexibility index (Phi) is 8.80. The fourth-order valence-corrected chi connectivity index (χ4v) is 1.60. The molecule has 3 nitrogen and oxygen atoms in total. The smallest absolute Gasteiger partial charge is 0.0680 e. The van der Waals surface area contributed by atoms with Crippen molar-refractivity contribution in [1.82, 2.24) is 5.64 Å². The minimum Gasteiger partial charge on any atom is -0.277 e. The molecule has 0 unspecified atom stereocenters. The molecule has 0 aliphatic carbocycles. The second-order valence-electron chi connectivity index (χ2n) is 4.16. The highest BCUT2D eigenvalue weighted by Crippen LogP contribution is 2.20. The first-order valence-electron chi connectivity index (χ1n) is 7.07. The summed E-state index contributed by atoms with van der Waals surface area (Å²) in [5.74, 6) is 0. The van der Waals surface area contributed by atoms with Crippen LogP contribution in [-0.4, -0.2) is 13.2 Å². The van der Waals surface area contributed by atoms with Gasteiger partial charge in [0.2, 0.25) is 0 Å². The monoisotopic (exact) mass is 285 g/mol. The van der Waals surface area contributed by atoms with Crippen LogP contribution in [0.2, 0.25) is 0 Å². The van der Waals surface area contributed by atoms with E-state index < -0.39 is 0 Å². The molecule has 0 fully saturated rings. The number of benzene rings is 2. The lowest BCUT2D eigenvalue weighted by atomic mass is 10.0. The topological polar surface area (TPSA) is 30.5 Å². The van der Waals surface area contributed by atoms with E-state index in [2.05, 4.69) is 46.2 Å². The summed E-state index contributed by atoms with van der Waals surface area (Å²) in [6, 6.07) is 20.5. The normalized spacial score (nSPS) is 9.62. The first kappa shape index (κ1) is 17.1. The fourth-order valence-electron chi connectivity index (χ4n) is 1.60. The Bertz CT molecular complexity index is 452. The molecule has 0 radical (unpaired) electrons. The van der Waals surface area contributed by atoms with Crippen LogP contribution in [0.5, 0.6) is 0 Å². The summed E-state index contributed by atoms with van der Waals surface area (Å²) in [6.07, 6.45) is 0. The van der Waals surface area contributed by atoms with Gasteiger partial charge < -0.3 is 0 Å². The standard InChI is InChI=1S/C14H12.C4H11NO2/c1-12(13-8-4-2-5-9-13)14-10-6-3-7-11-14;1-3-6-5-7-4-2/h2-11H,1H2;5H,3-4H2,1-2H3. The zero-order valence-corrected chi connectivity index (χ0v) is 12.7. The van der Waals surface area contributed by atoms with Crippen LogP contribution in [0, 0.1) is 0 Å². The Morgan fingerprint density at radius 2 is 1.19 bits per heavy atom. The molecule has 0 bridgehead atoms. The van der Waals surface area contributed by atoms with Gasteiger partial charge in [-0.15, -0.1) is 0 Å². The van der Waals surface area contributed by atoms with Crippen molar-refractivity contribution in [1.29, 1.82) is 0 Å². The van der Waals surface area contributed by atoms with Crippen LogP contribution in [0.15, 0.2) is 67.2 Å². The number of hydrogen-bond donors (Lipinski definition) is 1. The van der Waals surface area contributed by atoms with Crippen LogP contribution in [-0.2, 0) is 9.68 Å². The molecule has 1 N–H and O–H groups in total. The Morgan fingerprint density at radius 1 is 0.810 bits per heavy atom. The summed E-state index contributed by atoms with van der Waals surface area (Å²) < 4.78 is 0. The van der Waals surface area contributed by atoms with Gasteiger partial charge in [0.15, 0.2) is 0 Å². The molecule has 0 atom stereocenters. The van der Waals surface area contributed by atoms with E-state index in [9.17, 15) is 0 Å². The third-order valence-corrected chi connectivity index (χ3v) is 2.65. The average molecular weight is 285 g/mol. The van der Waals surface area contributed by atoms with E-state index in [1.165, 1.54) is 11.1 Å². The lowest BCUT2D eigenvalue weighted by molar-refractivity contribution is -0.163. The Labute approximate surface area is 127 Å². The Morgan fingerprint density at radius 3 is 1.52 bits per heavy atom. The highest BCUT2D eigenvalue weighted by Gasteiger charge is 1.99. The third-order valence-electron chi connectivity index (χ3n) is 2.65. The number of rotatable bonds is 6. The molecule has 0 saturated heterocycles. The Hall–Kier alpha value is -1.94. The van der Waals surface area contributed by atoms with Crippen LogP contribution in [0.25, 0.3) is 5.57 Å². The van der Waals surface area contributed by atoms with Crippen LogP contribution in [0.1, 0.15) is 25.0 Å². The van der Waals surface area contributed by atoms with Gasteiger partial charge in [-0.3, -0.25) is 9.68 Å². The molecule has 2 rings (SSSR count).